The van der Waals surface area contributed by atoms with E-state index in [2.05, 4.69) is 178 Å². The molecule has 262 valence electrons. The molecule has 0 saturated heterocycles. The third-order valence-electron chi connectivity index (χ3n) is 10.9. The molecule has 0 aliphatic heterocycles. The van der Waals surface area contributed by atoms with E-state index in [1.54, 1.807) is 0 Å². The molecule has 11 aromatic rings. The first-order valence-corrected chi connectivity index (χ1v) is 18.9. The standard InChI is InChI=1S/C51H33N5/c1-3-13-34(14-4-1)47-40-17-7-8-18-41(40)48(35-15-5-2-6-16-35)44-33-39(26-27-42(44)47)56(38-28-30-52-31-29-38)37-24-22-36(23-25-37)49-51-50(43-19-9-10-20-45(43)53-49)54-46-21-11-12-32-55(46)51/h1-33H. The van der Waals surface area contributed by atoms with Crippen molar-refractivity contribution in [2.24, 2.45) is 0 Å². The number of benzene rings is 7. The second kappa shape index (κ2) is 13.0. The Hall–Kier alpha value is -7.63. The molecule has 0 radical (unpaired) electrons. The van der Waals surface area contributed by atoms with Crippen LogP contribution in [0.3, 0.4) is 0 Å². The summed E-state index contributed by atoms with van der Waals surface area (Å²) in [5.74, 6) is 0. The van der Waals surface area contributed by atoms with Gasteiger partial charge in [-0.25, -0.2) is 9.97 Å². The van der Waals surface area contributed by atoms with Gasteiger partial charge in [-0.15, -0.1) is 0 Å². The lowest BCUT2D eigenvalue weighted by Crippen LogP contribution is -2.10. The van der Waals surface area contributed by atoms with Crippen molar-refractivity contribution in [2.45, 2.75) is 0 Å². The third kappa shape index (κ3) is 5.13. The van der Waals surface area contributed by atoms with E-state index in [0.717, 1.165) is 55.9 Å². The molecule has 0 aliphatic rings. The highest BCUT2D eigenvalue weighted by Crippen LogP contribution is 2.46. The maximum atomic E-state index is 5.23. The zero-order chi connectivity index (χ0) is 37.0. The van der Waals surface area contributed by atoms with Crippen LogP contribution in [0.5, 0.6) is 0 Å². The van der Waals surface area contributed by atoms with E-state index >= 15 is 0 Å². The van der Waals surface area contributed by atoms with Gasteiger partial charge in [0.15, 0.2) is 0 Å². The largest absolute Gasteiger partial charge is 0.310 e. The first kappa shape index (κ1) is 31.9. The Balaban J connectivity index is 1.13. The zero-order valence-corrected chi connectivity index (χ0v) is 30.3. The van der Waals surface area contributed by atoms with E-state index in [1.807, 2.05) is 36.7 Å². The van der Waals surface area contributed by atoms with Gasteiger partial charge in [-0.3, -0.25) is 9.38 Å². The Morgan fingerprint density at radius 1 is 0.411 bits per heavy atom. The molecule has 0 spiro atoms. The van der Waals surface area contributed by atoms with Gasteiger partial charge in [0.1, 0.15) is 11.2 Å². The summed E-state index contributed by atoms with van der Waals surface area (Å²) >= 11 is 0. The Labute approximate surface area is 323 Å². The van der Waals surface area contributed by atoms with Crippen LogP contribution in [0.2, 0.25) is 0 Å². The predicted molar refractivity (Wildman–Crippen MR) is 232 cm³/mol. The quantitative estimate of drug-likeness (QED) is 0.161. The van der Waals surface area contributed by atoms with Gasteiger partial charge < -0.3 is 4.90 Å². The van der Waals surface area contributed by atoms with Crippen molar-refractivity contribution >= 4 is 66.2 Å². The molecule has 0 N–H and O–H groups in total. The van der Waals surface area contributed by atoms with E-state index in [0.29, 0.717) is 0 Å². The van der Waals surface area contributed by atoms with Crippen LogP contribution >= 0.6 is 0 Å². The summed E-state index contributed by atoms with van der Waals surface area (Å²) in [5.41, 5.74) is 13.6. The highest BCUT2D eigenvalue weighted by molar-refractivity contribution is 6.22. The molecule has 0 bridgehead atoms. The van der Waals surface area contributed by atoms with Crippen molar-refractivity contribution in [1.29, 1.82) is 0 Å². The molecule has 5 heteroatoms. The fraction of sp³-hybridized carbons (Fsp3) is 0. The maximum Gasteiger partial charge on any atom is 0.137 e. The number of imidazole rings is 1. The molecule has 0 amide bonds. The minimum Gasteiger partial charge on any atom is -0.310 e. The molecule has 0 atom stereocenters. The molecule has 5 nitrogen and oxygen atoms in total. The van der Waals surface area contributed by atoms with Gasteiger partial charge in [0.25, 0.3) is 0 Å². The lowest BCUT2D eigenvalue weighted by molar-refractivity contribution is 1.22. The number of aromatic nitrogens is 4. The second-order valence-electron chi connectivity index (χ2n) is 14.1. The third-order valence-corrected chi connectivity index (χ3v) is 10.9. The molecule has 4 heterocycles. The summed E-state index contributed by atoms with van der Waals surface area (Å²) < 4.78 is 2.15. The van der Waals surface area contributed by atoms with E-state index < -0.39 is 0 Å². The number of pyridine rings is 3. The predicted octanol–water partition coefficient (Wildman–Crippen LogP) is 13.2. The molecule has 7 aromatic carbocycles. The number of fused-ring (bicyclic) bond motifs is 7. The van der Waals surface area contributed by atoms with Crippen LogP contribution in [0.1, 0.15) is 0 Å². The van der Waals surface area contributed by atoms with Crippen molar-refractivity contribution in [1.82, 2.24) is 19.4 Å². The number of hydrogen-bond donors (Lipinski definition) is 0. The minimum absolute atomic E-state index is 0.900. The number of hydrogen-bond acceptors (Lipinski definition) is 4. The van der Waals surface area contributed by atoms with Crippen LogP contribution in [-0.2, 0) is 0 Å². The van der Waals surface area contributed by atoms with E-state index in [4.69, 9.17) is 9.97 Å². The number of para-hydroxylation sites is 1. The molecule has 4 aromatic heterocycles. The van der Waals surface area contributed by atoms with Gasteiger partial charge in [-0.05, 0) is 98.4 Å². The van der Waals surface area contributed by atoms with Crippen molar-refractivity contribution in [3.63, 3.8) is 0 Å². The fourth-order valence-electron chi connectivity index (χ4n) is 8.40. The number of nitrogens with zero attached hydrogens (tertiary/aromatic N) is 5. The van der Waals surface area contributed by atoms with Crippen molar-refractivity contribution in [3.8, 4) is 33.5 Å². The van der Waals surface area contributed by atoms with Crippen LogP contribution in [0.15, 0.2) is 201 Å². The highest BCUT2D eigenvalue weighted by Gasteiger charge is 2.21. The molecule has 0 aliphatic carbocycles. The Morgan fingerprint density at radius 2 is 0.982 bits per heavy atom. The van der Waals surface area contributed by atoms with Gasteiger partial charge in [-0.2, -0.15) is 0 Å². The summed E-state index contributed by atoms with van der Waals surface area (Å²) in [4.78, 5) is 17.0. The Kier molecular flexibility index (Phi) is 7.42. The van der Waals surface area contributed by atoms with Crippen LogP contribution < -0.4 is 4.90 Å². The molecular weight excluding hydrogens is 683 g/mol. The highest BCUT2D eigenvalue weighted by atomic mass is 15.1. The topological polar surface area (TPSA) is 46.3 Å². The Bertz CT molecular complexity index is 3230. The Morgan fingerprint density at radius 3 is 1.70 bits per heavy atom. The van der Waals surface area contributed by atoms with Crippen LogP contribution in [-0.4, -0.2) is 19.4 Å². The lowest BCUT2D eigenvalue weighted by Gasteiger charge is -2.27. The smallest absolute Gasteiger partial charge is 0.137 e. The van der Waals surface area contributed by atoms with Gasteiger partial charge >= 0.3 is 0 Å². The normalized spacial score (nSPS) is 11.6. The lowest BCUT2D eigenvalue weighted by atomic mass is 9.85. The number of anilines is 3. The van der Waals surface area contributed by atoms with Crippen molar-refractivity contribution in [3.05, 3.63) is 201 Å². The van der Waals surface area contributed by atoms with Crippen LogP contribution in [0.25, 0.3) is 82.6 Å². The average molecular weight is 716 g/mol. The second-order valence-corrected chi connectivity index (χ2v) is 14.1. The minimum atomic E-state index is 0.900. The zero-order valence-electron chi connectivity index (χ0n) is 30.3. The summed E-state index contributed by atoms with van der Waals surface area (Å²) in [6.45, 7) is 0. The molecule has 11 rings (SSSR count). The first-order valence-electron chi connectivity index (χ1n) is 18.9. The monoisotopic (exact) mass is 715 g/mol. The molecule has 56 heavy (non-hydrogen) atoms. The summed E-state index contributed by atoms with van der Waals surface area (Å²) in [6, 6.07) is 64.5. The average Bonchev–Trinajstić information content (AvgIpc) is 3.67. The van der Waals surface area contributed by atoms with Gasteiger partial charge in [0.05, 0.1) is 16.7 Å². The van der Waals surface area contributed by atoms with Crippen molar-refractivity contribution in [2.75, 3.05) is 4.90 Å². The summed E-state index contributed by atoms with van der Waals surface area (Å²) in [6.07, 6.45) is 5.78. The van der Waals surface area contributed by atoms with Crippen LogP contribution in [0, 0.1) is 0 Å². The van der Waals surface area contributed by atoms with Crippen LogP contribution in [0.4, 0.5) is 17.1 Å². The molecule has 0 fully saturated rings. The van der Waals surface area contributed by atoms with E-state index in [9.17, 15) is 0 Å². The van der Waals surface area contributed by atoms with E-state index in [1.165, 1.54) is 43.8 Å². The van der Waals surface area contributed by atoms with E-state index in [-0.39, 0.29) is 0 Å². The molecule has 0 unspecified atom stereocenters. The molecular formula is C51H33N5. The maximum absolute atomic E-state index is 5.23. The molecule has 0 saturated carbocycles. The number of rotatable bonds is 6. The summed E-state index contributed by atoms with van der Waals surface area (Å²) in [5, 5.41) is 5.91. The van der Waals surface area contributed by atoms with Gasteiger partial charge in [0, 0.05) is 46.6 Å². The van der Waals surface area contributed by atoms with Gasteiger partial charge in [0.2, 0.25) is 0 Å². The first-order chi connectivity index (χ1) is 27.8. The van der Waals surface area contributed by atoms with Gasteiger partial charge in [-0.1, -0.05) is 127 Å². The fourth-order valence-corrected chi connectivity index (χ4v) is 8.40. The SMILES string of the molecule is c1ccc(-c2c3ccccc3c(-c3ccccc3)c3cc(N(c4ccncc4)c4ccc(-c5nc6ccccc6c6nc7ccccn7c56)cc4)ccc23)cc1. The summed E-state index contributed by atoms with van der Waals surface area (Å²) in [7, 11) is 0. The van der Waals surface area contributed by atoms with Crippen molar-refractivity contribution < 1.29 is 0 Å².